The molecule has 0 radical (unpaired) electrons. The molecule has 0 bridgehead atoms. The monoisotopic (exact) mass is 457 g/mol. The summed E-state index contributed by atoms with van der Waals surface area (Å²) in [6.07, 6.45) is 0.992. The van der Waals surface area contributed by atoms with Gasteiger partial charge < -0.3 is 9.52 Å². The lowest BCUT2D eigenvalue weighted by Crippen LogP contribution is -2.44. The zero-order chi connectivity index (χ0) is 22.3. The number of fused-ring (bicyclic) bond motifs is 3. The molecule has 2 aromatic heterocycles. The Morgan fingerprint density at radius 2 is 1.84 bits per heavy atom. The van der Waals surface area contributed by atoms with Crippen LogP contribution in [0.2, 0.25) is 0 Å². The summed E-state index contributed by atoms with van der Waals surface area (Å²) >= 11 is 1.75. The molecule has 2 heterocycles. The number of furan rings is 1. The van der Waals surface area contributed by atoms with Gasteiger partial charge in [-0.15, -0.1) is 11.3 Å². The first-order chi connectivity index (χ1) is 14.7. The minimum Gasteiger partial charge on any atom is -0.480 e. The van der Waals surface area contributed by atoms with Crippen molar-refractivity contribution in [2.24, 2.45) is 5.92 Å². The maximum atomic E-state index is 12.8. The fourth-order valence-corrected chi connectivity index (χ4v) is 5.80. The molecular weight excluding hydrogens is 434 g/mol. The Balaban J connectivity index is 1.74. The second-order valence-corrected chi connectivity index (χ2v) is 10.7. The van der Waals surface area contributed by atoms with Crippen molar-refractivity contribution in [3.63, 3.8) is 0 Å². The minimum atomic E-state index is -4.02. The fraction of sp³-hybridized carbons (Fsp3) is 0.261. The lowest BCUT2D eigenvalue weighted by Gasteiger charge is -2.17. The molecular formula is C23H23NO5S2. The number of benzene rings is 2. The Kier molecular flexibility index (Phi) is 5.63. The van der Waals surface area contributed by atoms with E-state index < -0.39 is 28.0 Å². The first-order valence-corrected chi connectivity index (χ1v) is 12.3. The predicted molar refractivity (Wildman–Crippen MR) is 123 cm³/mol. The van der Waals surface area contributed by atoms with Crippen LogP contribution in [0.5, 0.6) is 0 Å². The van der Waals surface area contributed by atoms with E-state index in [1.807, 2.05) is 12.1 Å². The number of hydrogen-bond acceptors (Lipinski definition) is 5. The number of aryl methyl sites for hydroxylation is 1. The van der Waals surface area contributed by atoms with Crippen molar-refractivity contribution >= 4 is 49.3 Å². The molecule has 6 nitrogen and oxygen atoms in total. The van der Waals surface area contributed by atoms with Crippen LogP contribution in [0.3, 0.4) is 0 Å². The van der Waals surface area contributed by atoms with Crippen molar-refractivity contribution < 1.29 is 22.7 Å². The van der Waals surface area contributed by atoms with E-state index in [1.165, 1.54) is 21.9 Å². The van der Waals surface area contributed by atoms with Crippen molar-refractivity contribution in [3.8, 4) is 10.4 Å². The molecule has 0 aliphatic heterocycles. The molecule has 0 fully saturated rings. The number of rotatable bonds is 7. The molecule has 0 saturated heterocycles. The van der Waals surface area contributed by atoms with E-state index in [2.05, 4.69) is 29.8 Å². The van der Waals surface area contributed by atoms with Crippen LogP contribution in [0.15, 0.2) is 57.8 Å². The van der Waals surface area contributed by atoms with Crippen LogP contribution in [0.4, 0.5) is 0 Å². The molecule has 162 valence electrons. The average molecular weight is 458 g/mol. The number of carboxylic acids is 1. The quantitative estimate of drug-likeness (QED) is 0.394. The Labute approximate surface area is 184 Å². The van der Waals surface area contributed by atoms with Crippen molar-refractivity contribution in [2.45, 2.75) is 38.1 Å². The van der Waals surface area contributed by atoms with Gasteiger partial charge >= 0.3 is 5.97 Å². The topological polar surface area (TPSA) is 96.6 Å². The van der Waals surface area contributed by atoms with E-state index >= 15 is 0 Å². The molecule has 1 atom stereocenters. The van der Waals surface area contributed by atoms with Crippen LogP contribution in [0.1, 0.15) is 25.6 Å². The van der Waals surface area contributed by atoms with Crippen molar-refractivity contribution in [3.05, 3.63) is 53.4 Å². The lowest BCUT2D eigenvalue weighted by molar-refractivity contribution is -0.140. The first kappa shape index (κ1) is 21.5. The average Bonchev–Trinajstić information content (AvgIpc) is 3.35. The fourth-order valence-electron chi connectivity index (χ4n) is 3.51. The highest BCUT2D eigenvalue weighted by molar-refractivity contribution is 7.89. The first-order valence-electron chi connectivity index (χ1n) is 10.00. The highest BCUT2D eigenvalue weighted by atomic mass is 32.2. The number of carboxylic acid groups (broad SMARTS) is 1. The summed E-state index contributed by atoms with van der Waals surface area (Å²) in [5.74, 6) is -1.61. The zero-order valence-electron chi connectivity index (χ0n) is 17.4. The van der Waals surface area contributed by atoms with Crippen molar-refractivity contribution in [2.75, 3.05) is 0 Å². The maximum Gasteiger partial charge on any atom is 0.322 e. The normalized spacial score (nSPS) is 13.3. The van der Waals surface area contributed by atoms with Gasteiger partial charge in [-0.25, -0.2) is 8.42 Å². The molecule has 4 rings (SSSR count). The van der Waals surface area contributed by atoms with E-state index in [0.29, 0.717) is 11.2 Å². The van der Waals surface area contributed by atoms with E-state index in [9.17, 15) is 18.3 Å². The number of hydrogen-bond donors (Lipinski definition) is 2. The third kappa shape index (κ3) is 4.11. The summed E-state index contributed by atoms with van der Waals surface area (Å²) in [5, 5.41) is 11.0. The molecule has 0 aliphatic rings. The third-order valence-corrected chi connectivity index (χ3v) is 7.98. The largest absolute Gasteiger partial charge is 0.480 e. The van der Waals surface area contributed by atoms with Crippen LogP contribution >= 0.6 is 11.3 Å². The van der Waals surface area contributed by atoms with Gasteiger partial charge in [-0.1, -0.05) is 20.8 Å². The van der Waals surface area contributed by atoms with Crippen molar-refractivity contribution in [1.82, 2.24) is 4.72 Å². The van der Waals surface area contributed by atoms with Gasteiger partial charge in [0, 0.05) is 26.6 Å². The van der Waals surface area contributed by atoms with Gasteiger partial charge in [0.05, 0.1) is 4.90 Å². The Morgan fingerprint density at radius 1 is 1.06 bits per heavy atom. The minimum absolute atomic E-state index is 0.0305. The van der Waals surface area contributed by atoms with Crippen molar-refractivity contribution in [1.29, 1.82) is 0 Å². The van der Waals surface area contributed by atoms with Gasteiger partial charge in [0.25, 0.3) is 0 Å². The Hall–Kier alpha value is -2.68. The molecule has 0 amide bonds. The number of carbonyl (C=O) groups is 1. The van der Waals surface area contributed by atoms with E-state index in [4.69, 9.17) is 4.42 Å². The molecule has 31 heavy (non-hydrogen) atoms. The Bertz CT molecular complexity index is 1380. The maximum absolute atomic E-state index is 12.8. The zero-order valence-corrected chi connectivity index (χ0v) is 19.0. The van der Waals surface area contributed by atoms with E-state index in [-0.39, 0.29) is 4.90 Å². The van der Waals surface area contributed by atoms with E-state index in [0.717, 1.165) is 22.8 Å². The molecule has 0 unspecified atom stereocenters. The highest BCUT2D eigenvalue weighted by Gasteiger charge is 2.28. The molecule has 0 spiro atoms. The number of aliphatic carboxylic acids is 1. The second-order valence-electron chi connectivity index (χ2n) is 7.77. The molecule has 8 heteroatoms. The number of thiophene rings is 1. The smallest absolute Gasteiger partial charge is 0.322 e. The summed E-state index contributed by atoms with van der Waals surface area (Å²) in [4.78, 5) is 13.9. The number of sulfonamides is 1. The van der Waals surface area contributed by atoms with Crippen LogP contribution in [-0.2, 0) is 21.2 Å². The lowest BCUT2D eigenvalue weighted by atomic mass is 10.1. The second kappa shape index (κ2) is 8.11. The summed E-state index contributed by atoms with van der Waals surface area (Å²) < 4.78 is 33.7. The van der Waals surface area contributed by atoms with Crippen LogP contribution in [-0.4, -0.2) is 25.5 Å². The summed E-state index contributed by atoms with van der Waals surface area (Å²) in [6.45, 7) is 5.43. The molecule has 0 saturated carbocycles. The standard InChI is InChI=1S/C23H23NO5S2/c1-4-15-6-10-21(30-15)14-5-9-19-18(11-14)17-8-7-16(12-20(17)29-19)31(27,28)24-22(13(2)3)23(25)26/h5-13,22,24H,4H2,1-3H3,(H,25,26)/t22-/m0/s1. The SMILES string of the molecule is CCc1ccc(-c2ccc3oc4cc(S(=O)(=O)N[C@H](C(=O)O)C(C)C)ccc4c3c2)s1. The van der Waals surface area contributed by atoms with Gasteiger partial charge in [-0.3, -0.25) is 4.79 Å². The molecule has 4 aromatic rings. The summed E-state index contributed by atoms with van der Waals surface area (Å²) in [7, 11) is -4.02. The van der Waals surface area contributed by atoms with Gasteiger partial charge in [0.2, 0.25) is 10.0 Å². The summed E-state index contributed by atoms with van der Waals surface area (Å²) in [6, 6.07) is 13.6. The van der Waals surface area contributed by atoms with Crippen LogP contribution < -0.4 is 4.72 Å². The van der Waals surface area contributed by atoms with Gasteiger partial charge in [0.1, 0.15) is 17.2 Å². The van der Waals surface area contributed by atoms with Gasteiger partial charge in [-0.05, 0) is 60.4 Å². The van der Waals surface area contributed by atoms with Gasteiger partial charge in [-0.2, -0.15) is 4.72 Å². The molecule has 2 N–H and O–H groups in total. The van der Waals surface area contributed by atoms with E-state index in [1.54, 1.807) is 31.3 Å². The Morgan fingerprint density at radius 3 is 2.48 bits per heavy atom. The molecule has 0 aliphatic carbocycles. The van der Waals surface area contributed by atoms with Crippen LogP contribution in [0.25, 0.3) is 32.4 Å². The molecule has 2 aromatic carbocycles. The summed E-state index contributed by atoms with van der Waals surface area (Å²) in [5.41, 5.74) is 2.19. The predicted octanol–water partition coefficient (Wildman–Crippen LogP) is 5.26. The van der Waals surface area contributed by atoms with Crippen LogP contribution in [0, 0.1) is 5.92 Å². The highest BCUT2D eigenvalue weighted by Crippen LogP contribution is 2.35. The van der Waals surface area contributed by atoms with Gasteiger partial charge in [0.15, 0.2) is 0 Å². The third-order valence-electron chi connectivity index (χ3n) is 5.26. The number of nitrogens with one attached hydrogen (secondary N) is 1.